The van der Waals surface area contributed by atoms with E-state index in [0.717, 1.165) is 5.57 Å². The van der Waals surface area contributed by atoms with Crippen molar-refractivity contribution < 1.29 is 4.84 Å². The Hall–Kier alpha value is -0.830. The second-order valence-corrected chi connectivity index (χ2v) is 1.91. The van der Waals surface area contributed by atoms with Crippen molar-refractivity contribution in [1.29, 1.82) is 0 Å². The predicted molar refractivity (Wildman–Crippen MR) is 38.1 cm³/mol. The van der Waals surface area contributed by atoms with Gasteiger partial charge in [0, 0.05) is 6.92 Å². The predicted octanol–water partition coefficient (Wildman–Crippen LogP) is 0.871. The molecule has 3 heteroatoms. The van der Waals surface area contributed by atoms with Gasteiger partial charge in [-0.1, -0.05) is 12.2 Å². The lowest BCUT2D eigenvalue weighted by atomic mass is 10.4. The molecule has 0 aliphatic rings. The van der Waals surface area contributed by atoms with Crippen LogP contribution in [0.2, 0.25) is 0 Å². The number of hydrogen-bond acceptors (Lipinski definition) is 3. The van der Waals surface area contributed by atoms with Gasteiger partial charge in [-0.05, 0) is 6.92 Å². The van der Waals surface area contributed by atoms with Crippen LogP contribution in [0.15, 0.2) is 17.1 Å². The van der Waals surface area contributed by atoms with E-state index in [1.165, 1.54) is 0 Å². The van der Waals surface area contributed by atoms with Crippen LogP contribution in [0.4, 0.5) is 0 Å². The smallest absolute Gasteiger partial charge is 0.206 e. The van der Waals surface area contributed by atoms with Crippen molar-refractivity contribution in [2.45, 2.75) is 13.8 Å². The highest BCUT2D eigenvalue weighted by molar-refractivity contribution is 5.72. The SMILES string of the molecule is C=C(C)C/N=C(/C)ON. The fourth-order valence-corrected chi connectivity index (χ4v) is 0.284. The van der Waals surface area contributed by atoms with Gasteiger partial charge < -0.3 is 4.84 Å². The Morgan fingerprint density at radius 1 is 1.67 bits per heavy atom. The van der Waals surface area contributed by atoms with Crippen molar-refractivity contribution in [3.8, 4) is 0 Å². The fraction of sp³-hybridized carbons (Fsp3) is 0.500. The zero-order chi connectivity index (χ0) is 7.28. The summed E-state index contributed by atoms with van der Waals surface area (Å²) >= 11 is 0. The zero-order valence-corrected chi connectivity index (χ0v) is 5.85. The van der Waals surface area contributed by atoms with Crippen molar-refractivity contribution in [3.63, 3.8) is 0 Å². The molecule has 0 aromatic carbocycles. The summed E-state index contributed by atoms with van der Waals surface area (Å²) in [5.41, 5.74) is 0.992. The molecule has 0 saturated heterocycles. The van der Waals surface area contributed by atoms with Crippen LogP contribution >= 0.6 is 0 Å². The largest absolute Gasteiger partial charge is 0.397 e. The molecule has 0 aromatic heterocycles. The van der Waals surface area contributed by atoms with Gasteiger partial charge in [-0.15, -0.1) is 0 Å². The van der Waals surface area contributed by atoms with Crippen molar-refractivity contribution in [3.05, 3.63) is 12.2 Å². The molecule has 0 atom stereocenters. The third-order valence-electron chi connectivity index (χ3n) is 0.742. The van der Waals surface area contributed by atoms with Gasteiger partial charge >= 0.3 is 0 Å². The minimum Gasteiger partial charge on any atom is -0.397 e. The Morgan fingerprint density at radius 3 is 2.56 bits per heavy atom. The Morgan fingerprint density at radius 2 is 2.22 bits per heavy atom. The molecule has 0 bridgehead atoms. The molecule has 0 heterocycles. The first-order valence-electron chi connectivity index (χ1n) is 2.69. The molecule has 0 aromatic rings. The Balaban J connectivity index is 3.56. The molecule has 0 radical (unpaired) electrons. The minimum atomic E-state index is 0.484. The van der Waals surface area contributed by atoms with Crippen LogP contribution in [-0.2, 0) is 4.84 Å². The van der Waals surface area contributed by atoms with Gasteiger partial charge in [0.15, 0.2) is 0 Å². The van der Waals surface area contributed by atoms with Crippen molar-refractivity contribution in [2.24, 2.45) is 10.9 Å². The second-order valence-electron chi connectivity index (χ2n) is 1.91. The molecule has 0 spiro atoms. The Kier molecular flexibility index (Phi) is 3.71. The van der Waals surface area contributed by atoms with Crippen molar-refractivity contribution >= 4 is 5.90 Å². The maximum Gasteiger partial charge on any atom is 0.206 e. The fourth-order valence-electron chi connectivity index (χ4n) is 0.284. The van der Waals surface area contributed by atoms with Crippen LogP contribution in [0, 0.1) is 0 Å². The highest BCUT2D eigenvalue weighted by Gasteiger charge is 1.85. The first-order chi connectivity index (χ1) is 4.16. The first-order valence-corrected chi connectivity index (χ1v) is 2.69. The number of nitrogens with zero attached hydrogens (tertiary/aromatic N) is 1. The van der Waals surface area contributed by atoms with Crippen LogP contribution in [0.5, 0.6) is 0 Å². The monoisotopic (exact) mass is 128 g/mol. The van der Waals surface area contributed by atoms with Crippen LogP contribution in [-0.4, -0.2) is 12.4 Å². The summed E-state index contributed by atoms with van der Waals surface area (Å²) in [6, 6.07) is 0. The standard InChI is InChI=1S/C6H12N2O/c1-5(2)4-8-6(3)9-7/h1,4,7H2,2-3H3/b8-6-. The minimum absolute atomic E-state index is 0.484. The van der Waals surface area contributed by atoms with Gasteiger partial charge in [0.25, 0.3) is 0 Å². The summed E-state index contributed by atoms with van der Waals surface area (Å²) in [7, 11) is 0. The van der Waals surface area contributed by atoms with Crippen LogP contribution in [0.3, 0.4) is 0 Å². The zero-order valence-electron chi connectivity index (χ0n) is 5.85. The van der Waals surface area contributed by atoms with E-state index in [0.29, 0.717) is 12.4 Å². The molecule has 2 N–H and O–H groups in total. The Bertz CT molecular complexity index is 129. The van der Waals surface area contributed by atoms with Gasteiger partial charge in [0.2, 0.25) is 5.90 Å². The summed E-state index contributed by atoms with van der Waals surface area (Å²) in [5, 5.41) is 0. The van der Waals surface area contributed by atoms with E-state index >= 15 is 0 Å². The summed E-state index contributed by atoms with van der Waals surface area (Å²) in [4.78, 5) is 8.22. The van der Waals surface area contributed by atoms with Gasteiger partial charge in [0.1, 0.15) is 0 Å². The average molecular weight is 128 g/mol. The van der Waals surface area contributed by atoms with E-state index < -0.39 is 0 Å². The average Bonchev–Trinajstić information content (AvgIpc) is 1.83. The first kappa shape index (κ1) is 8.17. The normalized spacial score (nSPS) is 11.2. The lowest BCUT2D eigenvalue weighted by Crippen LogP contribution is -2.06. The van der Waals surface area contributed by atoms with Crippen molar-refractivity contribution in [1.82, 2.24) is 0 Å². The molecule has 9 heavy (non-hydrogen) atoms. The number of rotatable bonds is 2. The third-order valence-corrected chi connectivity index (χ3v) is 0.742. The molecule has 3 nitrogen and oxygen atoms in total. The van der Waals surface area contributed by atoms with E-state index in [1.54, 1.807) is 6.92 Å². The maximum absolute atomic E-state index is 4.80. The summed E-state index contributed by atoms with van der Waals surface area (Å²) < 4.78 is 0. The quantitative estimate of drug-likeness (QED) is 0.259. The molecule has 0 amide bonds. The molecule has 0 fully saturated rings. The number of nitrogens with two attached hydrogens (primary N) is 1. The topological polar surface area (TPSA) is 47.6 Å². The van der Waals surface area contributed by atoms with Crippen LogP contribution in [0.1, 0.15) is 13.8 Å². The maximum atomic E-state index is 4.80. The summed E-state index contributed by atoms with van der Waals surface area (Å²) in [5.74, 6) is 5.28. The lowest BCUT2D eigenvalue weighted by Gasteiger charge is -1.95. The molecule has 0 aliphatic heterocycles. The number of hydrogen-bond donors (Lipinski definition) is 1. The molecular formula is C6H12N2O. The number of aliphatic imine (C=N–C) groups is 1. The van der Waals surface area contributed by atoms with Gasteiger partial charge in [0.05, 0.1) is 6.54 Å². The molecule has 0 rings (SSSR count). The molecule has 52 valence electrons. The van der Waals surface area contributed by atoms with Crippen LogP contribution in [0.25, 0.3) is 0 Å². The second kappa shape index (κ2) is 4.09. The Labute approximate surface area is 55.2 Å². The van der Waals surface area contributed by atoms with E-state index in [2.05, 4.69) is 16.4 Å². The summed E-state index contributed by atoms with van der Waals surface area (Å²) in [6.45, 7) is 7.84. The lowest BCUT2D eigenvalue weighted by molar-refractivity contribution is 0.317. The van der Waals surface area contributed by atoms with Gasteiger partial charge in [-0.25, -0.2) is 4.99 Å². The third kappa shape index (κ3) is 5.03. The molecule has 0 unspecified atom stereocenters. The van der Waals surface area contributed by atoms with Crippen molar-refractivity contribution in [2.75, 3.05) is 6.54 Å². The highest BCUT2D eigenvalue weighted by atomic mass is 16.6. The van der Waals surface area contributed by atoms with E-state index in [9.17, 15) is 0 Å². The van der Waals surface area contributed by atoms with E-state index in [-0.39, 0.29) is 0 Å². The molecule has 0 saturated carbocycles. The van der Waals surface area contributed by atoms with Crippen LogP contribution < -0.4 is 5.90 Å². The van der Waals surface area contributed by atoms with E-state index in [1.807, 2.05) is 6.92 Å². The molecule has 0 aliphatic carbocycles. The molecular weight excluding hydrogens is 116 g/mol. The van der Waals surface area contributed by atoms with E-state index in [4.69, 9.17) is 5.90 Å². The summed E-state index contributed by atoms with van der Waals surface area (Å²) in [6.07, 6.45) is 0. The van der Waals surface area contributed by atoms with Gasteiger partial charge in [-0.2, -0.15) is 5.90 Å². The highest BCUT2D eigenvalue weighted by Crippen LogP contribution is 1.87. The van der Waals surface area contributed by atoms with Gasteiger partial charge in [-0.3, -0.25) is 0 Å².